The van der Waals surface area contributed by atoms with E-state index in [2.05, 4.69) is 9.97 Å². The smallest absolute Gasteiger partial charge is 0.313 e. The zero-order valence-corrected chi connectivity index (χ0v) is 11.9. The summed E-state index contributed by atoms with van der Waals surface area (Å²) in [7, 11) is 0. The van der Waals surface area contributed by atoms with Gasteiger partial charge in [0.05, 0.1) is 18.4 Å². The van der Waals surface area contributed by atoms with Gasteiger partial charge in [0.15, 0.2) is 10.8 Å². The number of carboxylic acid groups (broad SMARTS) is 1. The molecule has 0 aliphatic carbocycles. The second kappa shape index (κ2) is 5.41. The fourth-order valence-corrected chi connectivity index (χ4v) is 3.13. The van der Waals surface area contributed by atoms with E-state index in [1.807, 2.05) is 23.8 Å². The molecule has 3 heterocycles. The maximum absolute atomic E-state index is 10.8. The third kappa shape index (κ3) is 2.51. The van der Waals surface area contributed by atoms with Crippen molar-refractivity contribution >= 4 is 28.9 Å². The molecular formula is C13H15N3O3S. The third-order valence-corrected chi connectivity index (χ3v) is 4.17. The molecule has 1 fully saturated rings. The van der Waals surface area contributed by atoms with Crippen LogP contribution in [-0.4, -0.2) is 44.6 Å². The predicted molar refractivity (Wildman–Crippen MR) is 75.1 cm³/mol. The number of hydrogen-bond donors (Lipinski definition) is 1. The summed E-state index contributed by atoms with van der Waals surface area (Å²) in [5, 5.41) is 9.56. The van der Waals surface area contributed by atoms with E-state index >= 15 is 0 Å². The van der Waals surface area contributed by atoms with E-state index in [1.165, 1.54) is 11.8 Å². The zero-order valence-electron chi connectivity index (χ0n) is 11.1. The molecular weight excluding hydrogens is 278 g/mol. The van der Waals surface area contributed by atoms with Gasteiger partial charge in [-0.2, -0.15) is 0 Å². The lowest BCUT2D eigenvalue weighted by atomic mass is 10.2. The van der Waals surface area contributed by atoms with Crippen LogP contribution in [-0.2, 0) is 9.53 Å². The zero-order chi connectivity index (χ0) is 14.1. The second-order valence-electron chi connectivity index (χ2n) is 4.82. The summed E-state index contributed by atoms with van der Waals surface area (Å²) >= 11 is 1.23. The first-order valence-corrected chi connectivity index (χ1v) is 7.40. The molecule has 1 unspecified atom stereocenters. The Kier molecular flexibility index (Phi) is 3.62. The number of aryl methyl sites for hydroxylation is 1. The monoisotopic (exact) mass is 293 g/mol. The van der Waals surface area contributed by atoms with Gasteiger partial charge in [-0.05, 0) is 25.0 Å². The first kappa shape index (κ1) is 13.4. The number of rotatable bonds is 4. The van der Waals surface area contributed by atoms with Gasteiger partial charge < -0.3 is 9.84 Å². The van der Waals surface area contributed by atoms with E-state index in [-0.39, 0.29) is 11.8 Å². The van der Waals surface area contributed by atoms with Gasteiger partial charge in [0.1, 0.15) is 5.52 Å². The van der Waals surface area contributed by atoms with Gasteiger partial charge in [0, 0.05) is 12.8 Å². The van der Waals surface area contributed by atoms with Gasteiger partial charge in [-0.3, -0.25) is 9.36 Å². The Bertz CT molecular complexity index is 650. The molecule has 7 heteroatoms. The van der Waals surface area contributed by atoms with E-state index in [9.17, 15) is 4.79 Å². The molecule has 1 saturated heterocycles. The summed E-state index contributed by atoms with van der Waals surface area (Å²) < 4.78 is 7.46. The van der Waals surface area contributed by atoms with Crippen molar-refractivity contribution in [3.63, 3.8) is 0 Å². The number of fused-ring (bicyclic) bond motifs is 1. The Balaban J connectivity index is 2.05. The van der Waals surface area contributed by atoms with E-state index < -0.39 is 5.97 Å². The van der Waals surface area contributed by atoms with Crippen LogP contribution in [0.25, 0.3) is 11.2 Å². The van der Waals surface area contributed by atoms with Crippen molar-refractivity contribution in [2.45, 2.75) is 24.5 Å². The minimum absolute atomic E-state index is 0.00409. The van der Waals surface area contributed by atoms with Crippen LogP contribution in [0.5, 0.6) is 0 Å². The van der Waals surface area contributed by atoms with Gasteiger partial charge in [-0.25, -0.2) is 9.97 Å². The number of aromatic nitrogens is 3. The summed E-state index contributed by atoms with van der Waals surface area (Å²) in [4.78, 5) is 19.8. The van der Waals surface area contributed by atoms with Crippen molar-refractivity contribution in [2.24, 2.45) is 0 Å². The lowest BCUT2D eigenvalue weighted by molar-refractivity contribution is -0.133. The summed E-state index contributed by atoms with van der Waals surface area (Å²) in [6.07, 6.45) is 2.71. The summed E-state index contributed by atoms with van der Waals surface area (Å²) in [5.74, 6) is -0.851. The van der Waals surface area contributed by atoms with Crippen molar-refractivity contribution in [2.75, 3.05) is 19.0 Å². The highest BCUT2D eigenvalue weighted by molar-refractivity contribution is 7.99. The van der Waals surface area contributed by atoms with Gasteiger partial charge in [0.2, 0.25) is 0 Å². The molecule has 6 nitrogen and oxygen atoms in total. The van der Waals surface area contributed by atoms with Crippen molar-refractivity contribution in [1.82, 2.24) is 14.5 Å². The Labute approximate surface area is 120 Å². The molecule has 0 amide bonds. The minimum Gasteiger partial charge on any atom is -0.481 e. The predicted octanol–water partition coefficient (Wildman–Crippen LogP) is 1.88. The Morgan fingerprint density at radius 1 is 1.65 bits per heavy atom. The Hall–Kier alpha value is -1.60. The number of carbonyl (C=O) groups is 1. The molecule has 20 heavy (non-hydrogen) atoms. The molecule has 0 saturated carbocycles. The van der Waals surface area contributed by atoms with Crippen LogP contribution in [0, 0.1) is 6.92 Å². The SMILES string of the molecule is Cc1cnc2c(c1)nc(SCC(=O)O)n2C1CCOC1. The molecule has 0 aromatic carbocycles. The average molecular weight is 293 g/mol. The quantitative estimate of drug-likeness (QED) is 0.867. The van der Waals surface area contributed by atoms with E-state index in [4.69, 9.17) is 9.84 Å². The van der Waals surface area contributed by atoms with Crippen molar-refractivity contribution in [3.05, 3.63) is 17.8 Å². The largest absolute Gasteiger partial charge is 0.481 e. The van der Waals surface area contributed by atoms with Crippen LogP contribution >= 0.6 is 11.8 Å². The molecule has 0 bridgehead atoms. The van der Waals surface area contributed by atoms with Gasteiger partial charge >= 0.3 is 5.97 Å². The van der Waals surface area contributed by atoms with Crippen LogP contribution in [0.15, 0.2) is 17.4 Å². The maximum Gasteiger partial charge on any atom is 0.313 e. The molecule has 0 radical (unpaired) electrons. The van der Waals surface area contributed by atoms with Gasteiger partial charge in [-0.1, -0.05) is 11.8 Å². The van der Waals surface area contributed by atoms with Crippen molar-refractivity contribution in [3.8, 4) is 0 Å². The van der Waals surface area contributed by atoms with Crippen LogP contribution in [0.2, 0.25) is 0 Å². The molecule has 0 spiro atoms. The molecule has 1 atom stereocenters. The lowest BCUT2D eigenvalue weighted by Gasteiger charge is -2.13. The van der Waals surface area contributed by atoms with Gasteiger partial charge in [-0.15, -0.1) is 0 Å². The van der Waals surface area contributed by atoms with Crippen molar-refractivity contribution < 1.29 is 14.6 Å². The number of thioether (sulfide) groups is 1. The molecule has 1 N–H and O–H groups in total. The number of pyridine rings is 1. The van der Waals surface area contributed by atoms with Crippen molar-refractivity contribution in [1.29, 1.82) is 0 Å². The minimum atomic E-state index is -0.847. The van der Waals surface area contributed by atoms with E-state index in [0.717, 1.165) is 29.8 Å². The highest BCUT2D eigenvalue weighted by Crippen LogP contribution is 2.30. The molecule has 1 aliphatic rings. The summed E-state index contributed by atoms with van der Waals surface area (Å²) in [6, 6.07) is 2.16. The number of nitrogens with zero attached hydrogens (tertiary/aromatic N) is 3. The summed E-state index contributed by atoms with van der Waals surface area (Å²) in [6.45, 7) is 3.31. The number of aliphatic carboxylic acids is 1. The first-order chi connectivity index (χ1) is 9.65. The maximum atomic E-state index is 10.8. The van der Waals surface area contributed by atoms with E-state index in [0.29, 0.717) is 11.8 Å². The fraction of sp³-hybridized carbons (Fsp3) is 0.462. The standard InChI is InChI=1S/C13H15N3O3S/c1-8-4-10-12(14-5-8)16(9-2-3-19-6-9)13(15-10)20-7-11(17)18/h4-5,9H,2-3,6-7H2,1H3,(H,17,18). The van der Waals surface area contributed by atoms with Gasteiger partial charge in [0.25, 0.3) is 0 Å². The number of ether oxygens (including phenoxy) is 1. The molecule has 106 valence electrons. The highest BCUT2D eigenvalue weighted by atomic mass is 32.2. The van der Waals surface area contributed by atoms with E-state index in [1.54, 1.807) is 0 Å². The first-order valence-electron chi connectivity index (χ1n) is 6.42. The van der Waals surface area contributed by atoms with Crippen LogP contribution in [0.4, 0.5) is 0 Å². The normalized spacial score (nSPS) is 18.8. The third-order valence-electron chi connectivity index (χ3n) is 3.23. The second-order valence-corrected chi connectivity index (χ2v) is 5.76. The number of imidazole rings is 1. The van der Waals surface area contributed by atoms with Crippen LogP contribution in [0.1, 0.15) is 18.0 Å². The average Bonchev–Trinajstić information content (AvgIpc) is 3.01. The molecule has 3 rings (SSSR count). The van der Waals surface area contributed by atoms with Crippen LogP contribution in [0.3, 0.4) is 0 Å². The topological polar surface area (TPSA) is 77.2 Å². The Morgan fingerprint density at radius 2 is 2.50 bits per heavy atom. The Morgan fingerprint density at radius 3 is 3.20 bits per heavy atom. The molecule has 2 aromatic rings. The number of carboxylic acids is 1. The molecule has 1 aliphatic heterocycles. The fourth-order valence-electron chi connectivity index (χ4n) is 2.34. The lowest BCUT2D eigenvalue weighted by Crippen LogP contribution is -2.11. The molecule has 2 aromatic heterocycles. The van der Waals surface area contributed by atoms with Crippen LogP contribution < -0.4 is 0 Å². The highest BCUT2D eigenvalue weighted by Gasteiger charge is 2.24. The number of hydrogen-bond acceptors (Lipinski definition) is 5. The summed E-state index contributed by atoms with van der Waals surface area (Å²) in [5.41, 5.74) is 2.66.